The highest BCUT2D eigenvalue weighted by atomic mass is 16.4. The van der Waals surface area contributed by atoms with Crippen molar-refractivity contribution in [2.45, 2.75) is 82.8 Å². The third kappa shape index (κ3) is 16.9. The minimum absolute atomic E-state index is 0.200. The van der Waals surface area contributed by atoms with E-state index in [1.54, 1.807) is 79.1 Å². The summed E-state index contributed by atoms with van der Waals surface area (Å²) in [5.74, 6) is 0. The highest BCUT2D eigenvalue weighted by Crippen LogP contribution is 2.46. The fourth-order valence-electron chi connectivity index (χ4n) is 20.0. The maximum absolute atomic E-state index is 8.13. The van der Waals surface area contributed by atoms with Crippen molar-refractivity contribution in [1.29, 1.82) is 0 Å². The van der Waals surface area contributed by atoms with Gasteiger partial charge in [0.1, 0.15) is 35.2 Å². The molecule has 25 aromatic rings. The van der Waals surface area contributed by atoms with Crippen LogP contribution in [-0.2, 0) is 35.2 Å². The van der Waals surface area contributed by atoms with Crippen LogP contribution in [0, 0.1) is 82.8 Å². The first-order valence-corrected chi connectivity index (χ1v) is 47.1. The predicted octanol–water partition coefficient (Wildman–Crippen LogP) is 29.4. The molecule has 15 aromatic heterocycles. The Labute approximate surface area is 841 Å². The third-order valence-electron chi connectivity index (χ3n) is 26.9. The largest absolute Gasteiger partial charge is 0.437 e. The number of hydrogen-bond acceptors (Lipinski definition) is 10. The normalized spacial score (nSPS) is 13.0. The number of fused-ring (bicyclic) bond motifs is 15. The predicted molar refractivity (Wildman–Crippen MR) is 575 cm³/mol. The van der Waals surface area contributed by atoms with Gasteiger partial charge in [0, 0.05) is 160 Å². The van der Waals surface area contributed by atoms with Gasteiger partial charge < -0.3 is 22.1 Å². The van der Waals surface area contributed by atoms with Crippen LogP contribution in [0.5, 0.6) is 0 Å². The zero-order valence-electron chi connectivity index (χ0n) is 93.0. The Morgan fingerprint density at radius 3 is 0.894 bits per heavy atom. The molecule has 10 aromatic carbocycles. The zero-order valence-corrected chi connectivity index (χ0v) is 81.0. The topological polar surface area (TPSA) is 150 Å². The summed E-state index contributed by atoms with van der Waals surface area (Å²) in [6, 6.07) is 98.3. The van der Waals surface area contributed by atoms with Crippen LogP contribution in [0.1, 0.15) is 83.3 Å². The molecule has 0 aliphatic heterocycles. The number of aryl methyl sites for hydroxylation is 17. The van der Waals surface area contributed by atoms with E-state index in [0.717, 1.165) is 133 Å². The number of pyridine rings is 10. The standard InChI is InChI=1S/2C26H23N2O.3C25H21N2O/c2*1-16-13-17(2)24(25-23(16)20-11-8-12-27-26(20)29-25)22-14-21(18(3)15-28(22)4)19-9-6-5-7-10-19;1-16-11-12-19-20-10-7-13-26-25(20)28-24(19)23(16)22-14-21(17(2)15-27(22)3)18-8-5-4-6-9-18;1-16-14-17(2)23(24-22(16)20-10-7-12-26-25(20)28-24)21-15-19(11-13-27(21)3)18-8-5-4-6-9-18;1-16-9-11-20-21-12-10-17(2)26-25(21)28-24(20)23(16)22-15-19(13-14-27(22)3)18-7-5-4-6-8-18/h2*5-15H,1-4H3;3*4-15H,1-3H3/q5*+1/i1D3,3D3;;2D3;1D3;. The first-order chi connectivity index (χ1) is 73.8. The molecule has 0 spiro atoms. The molecule has 0 saturated carbocycles. The molecule has 0 bridgehead atoms. The van der Waals surface area contributed by atoms with E-state index in [9.17, 15) is 0 Å². The minimum Gasteiger partial charge on any atom is -0.437 e. The van der Waals surface area contributed by atoms with Gasteiger partial charge in [-0.2, -0.15) is 0 Å². The lowest BCUT2D eigenvalue weighted by atomic mass is 9.94. The molecule has 15 heterocycles. The van der Waals surface area contributed by atoms with E-state index in [1.807, 2.05) is 185 Å². The second-order valence-electron chi connectivity index (χ2n) is 36.5. The first kappa shape index (κ1) is 77.7. The van der Waals surface area contributed by atoms with Crippen molar-refractivity contribution >= 4 is 110 Å². The molecule has 0 amide bonds. The molecule has 0 unspecified atom stereocenters. The fourth-order valence-corrected chi connectivity index (χ4v) is 20.0. The van der Waals surface area contributed by atoms with Crippen LogP contribution in [0.3, 0.4) is 0 Å². The molecule has 0 atom stereocenters. The summed E-state index contributed by atoms with van der Waals surface area (Å²) >= 11 is 0. The molecule has 0 aliphatic rings. The summed E-state index contributed by atoms with van der Waals surface area (Å²) in [4.78, 5) is 22.1. The van der Waals surface area contributed by atoms with E-state index in [4.69, 9.17) is 38.5 Å². The zero-order chi connectivity index (χ0) is 108. The molecule has 0 aliphatic carbocycles. The second-order valence-corrected chi connectivity index (χ2v) is 36.5. The molecule has 142 heavy (non-hydrogen) atoms. The van der Waals surface area contributed by atoms with Crippen molar-refractivity contribution in [3.8, 4) is 112 Å². The number of aromatic nitrogens is 10. The highest BCUT2D eigenvalue weighted by molar-refractivity contribution is 6.15. The maximum Gasteiger partial charge on any atom is 0.227 e. The lowest BCUT2D eigenvalue weighted by Crippen LogP contribution is -2.31. The van der Waals surface area contributed by atoms with E-state index < -0.39 is 27.4 Å². The Balaban J connectivity index is 0.000000112. The Bertz CT molecular complexity index is 9770. The van der Waals surface area contributed by atoms with Gasteiger partial charge in [0.25, 0.3) is 0 Å². The fraction of sp³-hybridized carbons (Fsp3) is 0.134. The molecule has 25 rings (SSSR count). The molecule has 0 N–H and O–H groups in total. The summed E-state index contributed by atoms with van der Waals surface area (Å²) in [5.41, 5.74) is 35.3. The Morgan fingerprint density at radius 2 is 0.514 bits per heavy atom. The van der Waals surface area contributed by atoms with E-state index in [0.29, 0.717) is 94.8 Å². The van der Waals surface area contributed by atoms with Crippen LogP contribution in [0.2, 0.25) is 0 Å². The van der Waals surface area contributed by atoms with E-state index in [1.165, 1.54) is 44.5 Å². The number of benzene rings is 10. The Hall–Kier alpha value is -17.3. The van der Waals surface area contributed by atoms with Gasteiger partial charge in [0.05, 0.1) is 27.8 Å². The van der Waals surface area contributed by atoms with Crippen molar-refractivity contribution in [3.05, 3.63) is 420 Å². The molecule has 0 saturated heterocycles. The number of rotatable bonds is 10. The summed E-state index contributed by atoms with van der Waals surface area (Å²) in [6.07, 6.45) is 16.4. The number of nitrogens with zero attached hydrogens (tertiary/aromatic N) is 10. The average Bonchev–Trinajstić information content (AvgIpc) is 1.56. The number of furan rings is 5. The van der Waals surface area contributed by atoms with E-state index >= 15 is 0 Å². The van der Waals surface area contributed by atoms with Crippen molar-refractivity contribution in [2.24, 2.45) is 35.2 Å². The second kappa shape index (κ2) is 37.9. The molecule has 0 radical (unpaired) electrons. The average molecular weight is 1870 g/mol. The maximum atomic E-state index is 8.13. The van der Waals surface area contributed by atoms with Crippen LogP contribution in [0.4, 0.5) is 0 Å². The molecule has 15 nitrogen and oxygen atoms in total. The van der Waals surface area contributed by atoms with Gasteiger partial charge >= 0.3 is 0 Å². The molecule has 0 fully saturated rings. The molecule has 692 valence electrons. The Kier molecular flexibility index (Phi) is 20.7. The quantitative estimate of drug-likeness (QED) is 0.121. The molecule has 15 heteroatoms. The van der Waals surface area contributed by atoms with E-state index in [2.05, 4.69) is 228 Å². The van der Waals surface area contributed by atoms with Crippen molar-refractivity contribution < 1.29 is 61.4 Å². The van der Waals surface area contributed by atoms with Gasteiger partial charge in [-0.25, -0.2) is 47.8 Å². The molecular formula is C127H109N10O5+5. The van der Waals surface area contributed by atoms with Crippen LogP contribution in [-0.4, -0.2) is 24.9 Å². The first-order valence-electron chi connectivity index (χ1n) is 53.1. The van der Waals surface area contributed by atoms with Crippen molar-refractivity contribution in [3.63, 3.8) is 0 Å². The smallest absolute Gasteiger partial charge is 0.227 e. The van der Waals surface area contributed by atoms with Crippen molar-refractivity contribution in [2.75, 3.05) is 0 Å². The third-order valence-corrected chi connectivity index (χ3v) is 26.9. The van der Waals surface area contributed by atoms with Gasteiger partial charge in [-0.1, -0.05) is 194 Å². The van der Waals surface area contributed by atoms with Gasteiger partial charge in [-0.3, -0.25) is 0 Å². The van der Waals surface area contributed by atoms with Crippen LogP contribution >= 0.6 is 0 Å². The lowest BCUT2D eigenvalue weighted by Gasteiger charge is -2.11. The number of hydrogen-bond donors (Lipinski definition) is 0. The van der Waals surface area contributed by atoms with Crippen LogP contribution < -0.4 is 22.8 Å². The van der Waals surface area contributed by atoms with E-state index in [-0.39, 0.29) is 16.7 Å². The van der Waals surface area contributed by atoms with Crippen LogP contribution in [0.25, 0.3) is 222 Å². The molecular weight excluding hydrogens is 1750 g/mol. The van der Waals surface area contributed by atoms with Gasteiger partial charge in [-0.15, -0.1) is 0 Å². The summed E-state index contributed by atoms with van der Waals surface area (Å²) in [5, 5.41) is 8.77. The summed E-state index contributed by atoms with van der Waals surface area (Å²) < 4.78 is 138. The summed E-state index contributed by atoms with van der Waals surface area (Å²) in [7, 11) is 9.81. The SMILES string of the molecule is Cc1c[n+](C)c(-c2c(C)cc(C)c3c2oc2ncccc23)cc1-c1ccccc1.Cc1ccc2c(n1)oc1c(-c3cc(-c4ccccc4)cc[n+]3C)c(C)ccc12.[2H]C([2H])([2H])c1c[n+](C)c(-c2c(C)cc(C([2H])([2H])[2H])c3c2oc2ncccc23)cc1-c1ccccc1.[2H]C([2H])([2H])c1c[n+](C)c(-c2c(C)ccc3c2oc2ncccc23)cc1-c1ccccc1.[2H]C([2H])([2H])c1cc(C)c(-c2cc(-c3ccccc3)cc[n+]2C)c2oc3ncccc3c12. The van der Waals surface area contributed by atoms with Gasteiger partial charge in [-0.05, 0) is 244 Å². The van der Waals surface area contributed by atoms with Gasteiger partial charge in [0.2, 0.25) is 57.0 Å². The van der Waals surface area contributed by atoms with Crippen molar-refractivity contribution in [1.82, 2.24) is 24.9 Å². The Morgan fingerprint density at radius 1 is 0.218 bits per heavy atom. The van der Waals surface area contributed by atoms with Gasteiger partial charge in [0.15, 0.2) is 58.9 Å². The van der Waals surface area contributed by atoms with Crippen LogP contribution in [0.15, 0.2) is 375 Å². The lowest BCUT2D eigenvalue weighted by molar-refractivity contribution is -0.660. The highest BCUT2D eigenvalue weighted by Gasteiger charge is 2.31. The monoisotopic (exact) mass is 1870 g/mol. The summed E-state index contributed by atoms with van der Waals surface area (Å²) in [6.45, 7) is 7.23. The minimum atomic E-state index is -2.35.